The Morgan fingerprint density at radius 3 is 2.15 bits per heavy atom. The largest absolute Gasteiger partial charge is 0.389 e. The number of rotatable bonds is 2. The Hall–Kier alpha value is -0.523. The standard InChI is InChI=1S/C11H20OSi/c1-10(2)11(12)8-6-7-9-13(3,4)5/h6,8,10-12H,1-5H3/b8-6+. The van der Waals surface area contributed by atoms with E-state index in [1.807, 2.05) is 13.8 Å². The van der Waals surface area contributed by atoms with Crippen LogP contribution in [0.15, 0.2) is 12.2 Å². The topological polar surface area (TPSA) is 20.2 Å². The van der Waals surface area contributed by atoms with Crippen LogP contribution in [0.3, 0.4) is 0 Å². The molecule has 0 aliphatic heterocycles. The molecule has 0 spiro atoms. The van der Waals surface area contributed by atoms with Crippen LogP contribution < -0.4 is 0 Å². The van der Waals surface area contributed by atoms with Gasteiger partial charge in [-0.15, -0.1) is 5.54 Å². The van der Waals surface area contributed by atoms with Crippen molar-refractivity contribution < 1.29 is 5.11 Å². The molecule has 0 saturated heterocycles. The number of hydrogen-bond donors (Lipinski definition) is 1. The van der Waals surface area contributed by atoms with Gasteiger partial charge in [0.15, 0.2) is 0 Å². The van der Waals surface area contributed by atoms with Gasteiger partial charge in [-0.2, -0.15) is 0 Å². The van der Waals surface area contributed by atoms with Crippen molar-refractivity contribution >= 4 is 8.07 Å². The van der Waals surface area contributed by atoms with E-state index in [0.29, 0.717) is 0 Å². The van der Waals surface area contributed by atoms with Crippen LogP contribution >= 0.6 is 0 Å². The van der Waals surface area contributed by atoms with Gasteiger partial charge in [0, 0.05) is 0 Å². The summed E-state index contributed by atoms with van der Waals surface area (Å²) in [5.74, 6) is 3.25. The van der Waals surface area contributed by atoms with Crippen LogP contribution in [-0.2, 0) is 0 Å². The van der Waals surface area contributed by atoms with E-state index in [9.17, 15) is 5.11 Å². The summed E-state index contributed by atoms with van der Waals surface area (Å²) >= 11 is 0. The average molecular weight is 196 g/mol. The molecule has 13 heavy (non-hydrogen) atoms. The Bertz CT molecular complexity index is 225. The zero-order valence-electron chi connectivity index (χ0n) is 9.26. The summed E-state index contributed by atoms with van der Waals surface area (Å²) in [6.07, 6.45) is 3.16. The van der Waals surface area contributed by atoms with Crippen LogP contribution in [0.4, 0.5) is 0 Å². The van der Waals surface area contributed by atoms with E-state index in [1.165, 1.54) is 0 Å². The van der Waals surface area contributed by atoms with Crippen LogP contribution in [-0.4, -0.2) is 19.3 Å². The van der Waals surface area contributed by atoms with Gasteiger partial charge in [0.1, 0.15) is 8.07 Å². The molecule has 0 amide bonds. The Kier molecular flexibility index (Phi) is 5.05. The molecule has 0 aromatic heterocycles. The monoisotopic (exact) mass is 196 g/mol. The molecule has 1 N–H and O–H groups in total. The molecule has 2 heteroatoms. The van der Waals surface area contributed by atoms with E-state index in [4.69, 9.17) is 0 Å². The quantitative estimate of drug-likeness (QED) is 0.531. The van der Waals surface area contributed by atoms with Crippen molar-refractivity contribution in [1.29, 1.82) is 0 Å². The van der Waals surface area contributed by atoms with Crippen molar-refractivity contribution in [2.75, 3.05) is 0 Å². The summed E-state index contributed by atoms with van der Waals surface area (Å²) in [5, 5.41) is 9.41. The zero-order valence-corrected chi connectivity index (χ0v) is 10.3. The Labute approximate surface area is 82.9 Å². The summed E-state index contributed by atoms with van der Waals surface area (Å²) in [7, 11) is -1.25. The fraction of sp³-hybridized carbons (Fsp3) is 0.636. The van der Waals surface area contributed by atoms with Gasteiger partial charge in [0.25, 0.3) is 0 Å². The predicted octanol–water partition coefficient (Wildman–Crippen LogP) is 2.44. The molecule has 0 radical (unpaired) electrons. The number of aliphatic hydroxyl groups is 1. The van der Waals surface area contributed by atoms with Crippen molar-refractivity contribution in [1.82, 2.24) is 0 Å². The highest BCUT2D eigenvalue weighted by Crippen LogP contribution is 2.01. The smallest absolute Gasteiger partial charge is 0.129 e. The molecule has 0 aliphatic rings. The van der Waals surface area contributed by atoms with Crippen LogP contribution in [0.1, 0.15) is 13.8 Å². The van der Waals surface area contributed by atoms with Crippen molar-refractivity contribution in [3.05, 3.63) is 12.2 Å². The first-order valence-corrected chi connectivity index (χ1v) is 8.20. The highest BCUT2D eigenvalue weighted by atomic mass is 28.3. The van der Waals surface area contributed by atoms with Crippen molar-refractivity contribution in [2.24, 2.45) is 5.92 Å². The molecular formula is C11H20OSi. The molecule has 74 valence electrons. The van der Waals surface area contributed by atoms with Gasteiger partial charge in [-0.1, -0.05) is 39.4 Å². The molecule has 0 aromatic rings. The fourth-order valence-electron chi connectivity index (χ4n) is 0.627. The number of aliphatic hydroxyl groups excluding tert-OH is 1. The molecule has 0 fully saturated rings. The molecular weight excluding hydrogens is 176 g/mol. The van der Waals surface area contributed by atoms with Gasteiger partial charge < -0.3 is 5.11 Å². The second-order valence-electron chi connectivity index (χ2n) is 4.61. The lowest BCUT2D eigenvalue weighted by Gasteiger charge is -2.07. The highest BCUT2D eigenvalue weighted by molar-refractivity contribution is 6.83. The Morgan fingerprint density at radius 1 is 1.23 bits per heavy atom. The third kappa shape index (κ3) is 7.83. The normalized spacial score (nSPS) is 14.4. The van der Waals surface area contributed by atoms with Crippen LogP contribution in [0.5, 0.6) is 0 Å². The van der Waals surface area contributed by atoms with Crippen LogP contribution in [0.2, 0.25) is 19.6 Å². The van der Waals surface area contributed by atoms with Crippen LogP contribution in [0, 0.1) is 17.4 Å². The summed E-state index contributed by atoms with van der Waals surface area (Å²) in [4.78, 5) is 0. The third-order valence-corrected chi connectivity index (χ3v) is 2.40. The molecule has 1 nitrogen and oxygen atoms in total. The minimum Gasteiger partial charge on any atom is -0.389 e. The second-order valence-corrected chi connectivity index (χ2v) is 9.36. The molecule has 1 atom stereocenters. The van der Waals surface area contributed by atoms with Crippen molar-refractivity contribution in [3.8, 4) is 11.5 Å². The van der Waals surface area contributed by atoms with Crippen molar-refractivity contribution in [3.63, 3.8) is 0 Å². The van der Waals surface area contributed by atoms with E-state index in [0.717, 1.165) is 0 Å². The fourth-order valence-corrected chi connectivity index (χ4v) is 1.14. The zero-order chi connectivity index (χ0) is 10.5. The third-order valence-electron chi connectivity index (χ3n) is 1.51. The SMILES string of the molecule is CC(C)C(O)/C=C/C#C[Si](C)(C)C. The van der Waals surface area contributed by atoms with Crippen molar-refractivity contribution in [2.45, 2.75) is 39.6 Å². The van der Waals surface area contributed by atoms with E-state index in [2.05, 4.69) is 31.1 Å². The predicted molar refractivity (Wildman–Crippen MR) is 61.1 cm³/mol. The number of hydrogen-bond acceptors (Lipinski definition) is 1. The van der Waals surface area contributed by atoms with E-state index >= 15 is 0 Å². The van der Waals surface area contributed by atoms with Gasteiger partial charge in [-0.25, -0.2) is 0 Å². The lowest BCUT2D eigenvalue weighted by atomic mass is 10.1. The Morgan fingerprint density at radius 2 is 1.77 bits per heavy atom. The number of allylic oxidation sites excluding steroid dienone is 1. The van der Waals surface area contributed by atoms with E-state index in [1.54, 1.807) is 12.2 Å². The van der Waals surface area contributed by atoms with Crippen LogP contribution in [0.25, 0.3) is 0 Å². The van der Waals surface area contributed by atoms with Gasteiger partial charge in [-0.3, -0.25) is 0 Å². The van der Waals surface area contributed by atoms with Gasteiger partial charge >= 0.3 is 0 Å². The first-order chi connectivity index (χ1) is 5.83. The van der Waals surface area contributed by atoms with E-state index < -0.39 is 8.07 Å². The maximum Gasteiger partial charge on any atom is 0.129 e. The first kappa shape index (κ1) is 12.5. The average Bonchev–Trinajstić information content (AvgIpc) is 1.95. The summed E-state index contributed by atoms with van der Waals surface area (Å²) in [6, 6.07) is 0. The Balaban J connectivity index is 4.06. The molecule has 0 bridgehead atoms. The maximum atomic E-state index is 9.41. The molecule has 0 aliphatic carbocycles. The molecule has 0 aromatic carbocycles. The second kappa shape index (κ2) is 5.26. The summed E-state index contributed by atoms with van der Waals surface area (Å²) < 4.78 is 0. The van der Waals surface area contributed by atoms with Gasteiger partial charge in [-0.05, 0) is 18.1 Å². The summed E-state index contributed by atoms with van der Waals surface area (Å²) in [5.41, 5.74) is 3.21. The summed E-state index contributed by atoms with van der Waals surface area (Å²) in [6.45, 7) is 10.6. The maximum absolute atomic E-state index is 9.41. The lowest BCUT2D eigenvalue weighted by molar-refractivity contribution is 0.172. The first-order valence-electron chi connectivity index (χ1n) is 4.70. The molecule has 0 heterocycles. The highest BCUT2D eigenvalue weighted by Gasteiger charge is 2.07. The minimum absolute atomic E-state index is 0.268. The van der Waals surface area contributed by atoms with Gasteiger partial charge in [0.05, 0.1) is 6.10 Å². The van der Waals surface area contributed by atoms with E-state index in [-0.39, 0.29) is 12.0 Å². The lowest BCUT2D eigenvalue weighted by Crippen LogP contribution is -2.16. The molecule has 0 rings (SSSR count). The molecule has 1 unspecified atom stereocenters. The molecule has 0 saturated carbocycles. The van der Waals surface area contributed by atoms with Gasteiger partial charge in [0.2, 0.25) is 0 Å². The minimum atomic E-state index is -1.25.